The average Bonchev–Trinajstić information content (AvgIpc) is 3.33. The molecule has 1 fully saturated rings. The number of fused-ring (bicyclic) bond motifs is 1. The second-order valence-corrected chi connectivity index (χ2v) is 9.60. The van der Waals surface area contributed by atoms with Gasteiger partial charge in [0.05, 0.1) is 11.5 Å². The van der Waals surface area contributed by atoms with E-state index in [1.165, 1.54) is 12.1 Å². The molecule has 0 amide bonds. The highest BCUT2D eigenvalue weighted by Gasteiger charge is 2.50. The molecule has 0 radical (unpaired) electrons. The molecule has 0 saturated heterocycles. The predicted molar refractivity (Wildman–Crippen MR) is 127 cm³/mol. The lowest BCUT2D eigenvalue weighted by Gasteiger charge is -2.32. The molecule has 4 aromatic rings. The zero-order valence-electron chi connectivity index (χ0n) is 20.1. The van der Waals surface area contributed by atoms with Crippen molar-refractivity contribution in [1.82, 2.24) is 20.6 Å². The minimum absolute atomic E-state index is 0.0194. The summed E-state index contributed by atoms with van der Waals surface area (Å²) in [7, 11) is 0. The highest BCUT2D eigenvalue weighted by atomic mass is 19.4. The number of aliphatic carboxylic acids is 1. The van der Waals surface area contributed by atoms with E-state index in [0.29, 0.717) is 29.7 Å². The molecule has 2 aromatic heterocycles. The standard InChI is InChI=1S/C26H21F3N4O6/c27-26(28,29)18-19(13-4-2-1-3-5-13)32-38-21(18)23-31-22(33-39-23)14-6-7-15-17(10-14)37-11-16(20(15)34)30-12-25(8-9-25)24(35)36/h1-7,10,16,20,30,34H,8-9,11-12H2,(H,35,36)/t16-,20-/m1/s1. The Morgan fingerprint density at radius 2 is 1.85 bits per heavy atom. The van der Waals surface area contributed by atoms with Crippen LogP contribution in [-0.4, -0.2) is 50.7 Å². The van der Waals surface area contributed by atoms with Gasteiger partial charge in [-0.2, -0.15) is 18.2 Å². The lowest BCUT2D eigenvalue weighted by Crippen LogP contribution is -2.46. The summed E-state index contributed by atoms with van der Waals surface area (Å²) in [6.45, 7) is 0.306. The van der Waals surface area contributed by atoms with E-state index in [-0.39, 0.29) is 24.5 Å². The van der Waals surface area contributed by atoms with Gasteiger partial charge < -0.3 is 29.3 Å². The van der Waals surface area contributed by atoms with Crippen molar-refractivity contribution in [3.8, 4) is 40.0 Å². The summed E-state index contributed by atoms with van der Waals surface area (Å²) in [6, 6.07) is 12.0. The number of hydrogen-bond donors (Lipinski definition) is 3. The van der Waals surface area contributed by atoms with Crippen LogP contribution in [0, 0.1) is 5.41 Å². The van der Waals surface area contributed by atoms with Crippen LogP contribution in [0.4, 0.5) is 13.2 Å². The number of nitrogens with one attached hydrogen (secondary N) is 1. The maximum absolute atomic E-state index is 14.0. The molecule has 0 bridgehead atoms. The Morgan fingerprint density at radius 1 is 1.08 bits per heavy atom. The summed E-state index contributed by atoms with van der Waals surface area (Å²) < 4.78 is 57.9. The zero-order valence-corrected chi connectivity index (χ0v) is 20.1. The fourth-order valence-corrected chi connectivity index (χ4v) is 4.57. The van der Waals surface area contributed by atoms with E-state index in [2.05, 4.69) is 20.6 Å². The summed E-state index contributed by atoms with van der Waals surface area (Å²) in [6.07, 6.45) is -4.61. The third kappa shape index (κ3) is 4.53. The Balaban J connectivity index is 1.24. The molecule has 3 N–H and O–H groups in total. The van der Waals surface area contributed by atoms with E-state index >= 15 is 0 Å². The van der Waals surface area contributed by atoms with E-state index < -0.39 is 52.6 Å². The van der Waals surface area contributed by atoms with Gasteiger partial charge in [0.1, 0.15) is 29.7 Å². The number of carbonyl (C=O) groups is 1. The van der Waals surface area contributed by atoms with Crippen LogP contribution in [0.1, 0.15) is 30.1 Å². The van der Waals surface area contributed by atoms with Crippen molar-refractivity contribution < 1.29 is 42.0 Å². The molecule has 10 nitrogen and oxygen atoms in total. The van der Waals surface area contributed by atoms with Crippen molar-refractivity contribution in [3.63, 3.8) is 0 Å². The van der Waals surface area contributed by atoms with Crippen LogP contribution in [0.3, 0.4) is 0 Å². The van der Waals surface area contributed by atoms with Crippen LogP contribution in [-0.2, 0) is 11.0 Å². The quantitative estimate of drug-likeness (QED) is 0.309. The fraction of sp³-hybridized carbons (Fsp3) is 0.308. The van der Waals surface area contributed by atoms with Gasteiger partial charge in [0.25, 0.3) is 5.89 Å². The van der Waals surface area contributed by atoms with E-state index in [9.17, 15) is 28.2 Å². The van der Waals surface area contributed by atoms with Crippen molar-refractivity contribution in [2.24, 2.45) is 5.41 Å². The van der Waals surface area contributed by atoms with Crippen molar-refractivity contribution in [2.75, 3.05) is 13.2 Å². The normalized spacial score (nSPS) is 19.8. The van der Waals surface area contributed by atoms with Crippen LogP contribution in [0.15, 0.2) is 57.6 Å². The molecular weight excluding hydrogens is 521 g/mol. The number of aromatic nitrogens is 3. The second-order valence-electron chi connectivity index (χ2n) is 9.60. The SMILES string of the molecule is O=C(O)C1(CN[C@@H]2COc3cc(-c4noc(-c5onc(-c6ccccc6)c5C(F)(F)F)n4)ccc3[C@H]2O)CC1. The van der Waals surface area contributed by atoms with E-state index in [4.69, 9.17) is 13.8 Å². The Bertz CT molecular complexity index is 1530. The minimum Gasteiger partial charge on any atom is -0.491 e. The lowest BCUT2D eigenvalue weighted by molar-refractivity contribution is -0.143. The van der Waals surface area contributed by atoms with E-state index in [1.807, 2.05) is 0 Å². The molecule has 202 valence electrons. The molecule has 0 spiro atoms. The van der Waals surface area contributed by atoms with Crippen LogP contribution in [0.5, 0.6) is 5.75 Å². The van der Waals surface area contributed by atoms with Gasteiger partial charge >= 0.3 is 12.1 Å². The summed E-state index contributed by atoms with van der Waals surface area (Å²) >= 11 is 0. The number of ether oxygens (including phenoxy) is 1. The number of carboxylic acids is 1. The number of nitrogens with zero attached hydrogens (tertiary/aromatic N) is 3. The van der Waals surface area contributed by atoms with Gasteiger partial charge in [-0.15, -0.1) is 0 Å². The molecule has 2 atom stereocenters. The molecule has 2 aliphatic rings. The van der Waals surface area contributed by atoms with Crippen LogP contribution < -0.4 is 10.1 Å². The summed E-state index contributed by atoms with van der Waals surface area (Å²) in [5.41, 5.74) is -1.26. The van der Waals surface area contributed by atoms with E-state index in [1.54, 1.807) is 36.4 Å². The van der Waals surface area contributed by atoms with Crippen molar-refractivity contribution >= 4 is 5.97 Å². The molecule has 39 heavy (non-hydrogen) atoms. The first-order chi connectivity index (χ1) is 18.7. The highest BCUT2D eigenvalue weighted by molar-refractivity contribution is 5.78. The third-order valence-corrected chi connectivity index (χ3v) is 7.04. The van der Waals surface area contributed by atoms with Gasteiger partial charge in [-0.25, -0.2) is 0 Å². The van der Waals surface area contributed by atoms with Crippen LogP contribution in [0.25, 0.3) is 34.3 Å². The molecule has 1 aliphatic heterocycles. The molecule has 1 aliphatic carbocycles. The summed E-state index contributed by atoms with van der Waals surface area (Å²) in [5, 5.41) is 30.7. The molecule has 13 heteroatoms. The number of carboxylic acid groups (broad SMARTS) is 1. The van der Waals surface area contributed by atoms with Crippen molar-refractivity contribution in [1.29, 1.82) is 0 Å². The lowest BCUT2D eigenvalue weighted by atomic mass is 9.96. The van der Waals surface area contributed by atoms with Gasteiger partial charge in [-0.05, 0) is 18.9 Å². The fourth-order valence-electron chi connectivity index (χ4n) is 4.57. The second kappa shape index (κ2) is 9.20. The number of halogens is 3. The number of hydrogen-bond acceptors (Lipinski definition) is 9. The topological polar surface area (TPSA) is 144 Å². The molecule has 1 saturated carbocycles. The maximum Gasteiger partial charge on any atom is 0.422 e. The van der Waals surface area contributed by atoms with Crippen LogP contribution >= 0.6 is 0 Å². The van der Waals surface area contributed by atoms with E-state index in [0.717, 1.165) is 0 Å². The summed E-state index contributed by atoms with van der Waals surface area (Å²) in [5.74, 6) is -1.75. The number of rotatable bonds is 7. The zero-order chi connectivity index (χ0) is 27.4. The highest BCUT2D eigenvalue weighted by Crippen LogP contribution is 2.46. The van der Waals surface area contributed by atoms with Crippen LogP contribution in [0.2, 0.25) is 0 Å². The molecule has 3 heterocycles. The average molecular weight is 542 g/mol. The molecule has 6 rings (SSSR count). The van der Waals surface area contributed by atoms with Gasteiger partial charge in [0, 0.05) is 23.2 Å². The first-order valence-electron chi connectivity index (χ1n) is 12.0. The maximum atomic E-state index is 14.0. The monoisotopic (exact) mass is 542 g/mol. The van der Waals surface area contributed by atoms with Crippen molar-refractivity contribution in [3.05, 3.63) is 59.7 Å². The smallest absolute Gasteiger partial charge is 0.422 e. The Labute approximate surface area is 218 Å². The Morgan fingerprint density at radius 3 is 2.54 bits per heavy atom. The van der Waals surface area contributed by atoms with Gasteiger partial charge in [0.2, 0.25) is 11.6 Å². The van der Waals surface area contributed by atoms with Gasteiger partial charge in [-0.1, -0.05) is 52.8 Å². The molecule has 2 aromatic carbocycles. The first kappa shape index (κ1) is 25.1. The van der Waals surface area contributed by atoms with Crippen molar-refractivity contribution in [2.45, 2.75) is 31.2 Å². The number of aliphatic hydroxyl groups excluding tert-OH is 1. The molecule has 0 unspecified atom stereocenters. The number of aliphatic hydroxyl groups is 1. The van der Waals surface area contributed by atoms with Gasteiger partial charge in [0.15, 0.2) is 0 Å². The van der Waals surface area contributed by atoms with Gasteiger partial charge in [-0.3, -0.25) is 4.79 Å². The summed E-state index contributed by atoms with van der Waals surface area (Å²) in [4.78, 5) is 15.5. The largest absolute Gasteiger partial charge is 0.491 e. The Kier molecular flexibility index (Phi) is 5.92. The first-order valence-corrected chi connectivity index (χ1v) is 12.0. The Hall–Kier alpha value is -4.23. The molecular formula is C26H21F3N4O6. The third-order valence-electron chi connectivity index (χ3n) is 7.04. The minimum atomic E-state index is -4.81. The number of alkyl halides is 3. The number of benzene rings is 2. The predicted octanol–water partition coefficient (Wildman–Crippen LogP) is 4.33.